The Morgan fingerprint density at radius 3 is 2.48 bits per heavy atom. The maximum absolute atomic E-state index is 6.03. The Balaban J connectivity index is 1.68. The summed E-state index contributed by atoms with van der Waals surface area (Å²) in [6, 6.07) is 9.46. The quantitative estimate of drug-likeness (QED) is 0.904. The van der Waals surface area contributed by atoms with Gasteiger partial charge < -0.3 is 10.1 Å². The molecule has 21 heavy (non-hydrogen) atoms. The molecule has 1 aromatic rings. The van der Waals surface area contributed by atoms with Gasteiger partial charge in [0, 0.05) is 36.7 Å². The summed E-state index contributed by atoms with van der Waals surface area (Å²) >= 11 is 6.03. The zero-order chi connectivity index (χ0) is 14.5. The van der Waals surface area contributed by atoms with Crippen LogP contribution in [-0.2, 0) is 4.74 Å². The van der Waals surface area contributed by atoms with Crippen molar-refractivity contribution in [3.8, 4) is 0 Å². The molecule has 3 nitrogen and oxygen atoms in total. The average molecular weight is 309 g/mol. The minimum atomic E-state index is 0.423. The normalized spacial score (nSPS) is 22.5. The van der Waals surface area contributed by atoms with Crippen molar-refractivity contribution in [1.29, 1.82) is 0 Å². The molecular formula is C17H25ClN2O. The van der Waals surface area contributed by atoms with E-state index in [1.807, 2.05) is 12.1 Å². The molecule has 1 saturated carbocycles. The third-order valence-corrected chi connectivity index (χ3v) is 4.95. The van der Waals surface area contributed by atoms with E-state index in [0.717, 1.165) is 37.9 Å². The summed E-state index contributed by atoms with van der Waals surface area (Å²) in [5.74, 6) is 0. The molecule has 0 bridgehead atoms. The van der Waals surface area contributed by atoms with Gasteiger partial charge in [-0.25, -0.2) is 0 Å². The van der Waals surface area contributed by atoms with Gasteiger partial charge >= 0.3 is 0 Å². The molecular weight excluding hydrogens is 284 g/mol. The van der Waals surface area contributed by atoms with E-state index in [1.54, 1.807) is 0 Å². The molecule has 0 spiro atoms. The van der Waals surface area contributed by atoms with E-state index in [0.29, 0.717) is 12.1 Å². The number of halogens is 1. The lowest BCUT2D eigenvalue weighted by Crippen LogP contribution is -2.44. The second-order valence-corrected chi connectivity index (χ2v) is 6.54. The summed E-state index contributed by atoms with van der Waals surface area (Å²) in [7, 11) is 0. The van der Waals surface area contributed by atoms with Crippen molar-refractivity contribution < 1.29 is 4.74 Å². The fourth-order valence-corrected chi connectivity index (χ4v) is 3.57. The molecule has 116 valence electrons. The predicted molar refractivity (Wildman–Crippen MR) is 86.8 cm³/mol. The van der Waals surface area contributed by atoms with E-state index in [2.05, 4.69) is 22.3 Å². The summed E-state index contributed by atoms with van der Waals surface area (Å²) < 4.78 is 5.50. The van der Waals surface area contributed by atoms with Gasteiger partial charge in [-0.2, -0.15) is 0 Å². The summed E-state index contributed by atoms with van der Waals surface area (Å²) in [6.07, 6.45) is 5.41. The molecule has 0 amide bonds. The number of nitrogens with zero attached hydrogens (tertiary/aromatic N) is 1. The molecule has 4 heteroatoms. The summed E-state index contributed by atoms with van der Waals surface area (Å²) in [5, 5.41) is 4.59. The number of ether oxygens (including phenoxy) is 1. The second-order valence-electron chi connectivity index (χ2n) is 6.11. The van der Waals surface area contributed by atoms with E-state index in [1.165, 1.54) is 31.2 Å². The zero-order valence-electron chi connectivity index (χ0n) is 12.6. The van der Waals surface area contributed by atoms with Gasteiger partial charge in [0.1, 0.15) is 0 Å². The number of nitrogens with one attached hydrogen (secondary N) is 1. The lowest BCUT2D eigenvalue weighted by Gasteiger charge is -2.35. The van der Waals surface area contributed by atoms with Crippen LogP contribution >= 0.6 is 11.6 Å². The van der Waals surface area contributed by atoms with Crippen LogP contribution in [0.4, 0.5) is 0 Å². The summed E-state index contributed by atoms with van der Waals surface area (Å²) in [5.41, 5.74) is 1.35. The Labute approximate surface area is 132 Å². The van der Waals surface area contributed by atoms with Crippen LogP contribution in [0.5, 0.6) is 0 Å². The maximum atomic E-state index is 6.03. The number of hydrogen-bond donors (Lipinski definition) is 1. The molecule has 0 radical (unpaired) electrons. The zero-order valence-corrected chi connectivity index (χ0v) is 13.3. The minimum absolute atomic E-state index is 0.423. The van der Waals surface area contributed by atoms with Gasteiger partial charge in [-0.05, 0) is 30.5 Å². The van der Waals surface area contributed by atoms with Gasteiger partial charge in [-0.1, -0.05) is 36.6 Å². The third kappa shape index (κ3) is 4.19. The standard InChI is InChI=1S/C17H25ClN2O/c18-15-7-5-14(6-8-15)17(20-9-11-21-12-10-20)13-19-16-3-1-2-4-16/h5-8,16-17,19H,1-4,9-13H2. The SMILES string of the molecule is Clc1ccc(C(CNC2CCCC2)N2CCOCC2)cc1. The molecule has 1 unspecified atom stereocenters. The van der Waals surface area contributed by atoms with E-state index >= 15 is 0 Å². The number of rotatable bonds is 5. The van der Waals surface area contributed by atoms with Gasteiger partial charge in [-0.3, -0.25) is 4.90 Å². The van der Waals surface area contributed by atoms with Gasteiger partial charge in [0.05, 0.1) is 13.2 Å². The molecule has 1 aromatic carbocycles. The highest BCUT2D eigenvalue weighted by atomic mass is 35.5. The molecule has 1 aliphatic carbocycles. The van der Waals surface area contributed by atoms with Crippen LogP contribution in [0.25, 0.3) is 0 Å². The van der Waals surface area contributed by atoms with Crippen molar-refractivity contribution in [3.05, 3.63) is 34.9 Å². The fourth-order valence-electron chi connectivity index (χ4n) is 3.44. The number of hydrogen-bond acceptors (Lipinski definition) is 3. The highest BCUT2D eigenvalue weighted by Gasteiger charge is 2.24. The topological polar surface area (TPSA) is 24.5 Å². The van der Waals surface area contributed by atoms with Gasteiger partial charge in [-0.15, -0.1) is 0 Å². The van der Waals surface area contributed by atoms with Crippen LogP contribution in [0.2, 0.25) is 5.02 Å². The highest BCUT2D eigenvalue weighted by molar-refractivity contribution is 6.30. The van der Waals surface area contributed by atoms with Gasteiger partial charge in [0.25, 0.3) is 0 Å². The van der Waals surface area contributed by atoms with Crippen molar-refractivity contribution >= 4 is 11.6 Å². The van der Waals surface area contributed by atoms with Crippen LogP contribution in [0, 0.1) is 0 Å². The lowest BCUT2D eigenvalue weighted by atomic mass is 10.0. The predicted octanol–water partition coefficient (Wildman–Crippen LogP) is 3.25. The van der Waals surface area contributed by atoms with Gasteiger partial charge in [0.15, 0.2) is 0 Å². The average Bonchev–Trinajstić information content (AvgIpc) is 3.04. The van der Waals surface area contributed by atoms with Crippen LogP contribution in [0.1, 0.15) is 37.3 Å². The van der Waals surface area contributed by atoms with Crippen LogP contribution in [0.15, 0.2) is 24.3 Å². The molecule has 2 fully saturated rings. The van der Waals surface area contributed by atoms with Crippen molar-refractivity contribution in [1.82, 2.24) is 10.2 Å². The Hall–Kier alpha value is -0.610. The van der Waals surface area contributed by atoms with Crippen molar-refractivity contribution in [2.24, 2.45) is 0 Å². The van der Waals surface area contributed by atoms with Crippen LogP contribution in [-0.4, -0.2) is 43.8 Å². The minimum Gasteiger partial charge on any atom is -0.379 e. The molecule has 0 aromatic heterocycles. The first-order valence-electron chi connectivity index (χ1n) is 8.13. The Morgan fingerprint density at radius 1 is 1.14 bits per heavy atom. The van der Waals surface area contributed by atoms with E-state index in [4.69, 9.17) is 16.3 Å². The largest absolute Gasteiger partial charge is 0.379 e. The maximum Gasteiger partial charge on any atom is 0.0594 e. The lowest BCUT2D eigenvalue weighted by molar-refractivity contribution is 0.0156. The van der Waals surface area contributed by atoms with Gasteiger partial charge in [0.2, 0.25) is 0 Å². The Bertz CT molecular complexity index is 425. The number of benzene rings is 1. The van der Waals surface area contributed by atoms with Crippen LogP contribution in [0.3, 0.4) is 0 Å². The molecule has 3 rings (SSSR count). The molecule has 1 atom stereocenters. The van der Waals surface area contributed by atoms with E-state index in [9.17, 15) is 0 Å². The first-order valence-corrected chi connectivity index (χ1v) is 8.51. The first kappa shape index (κ1) is 15.3. The molecule has 1 aliphatic heterocycles. The summed E-state index contributed by atoms with van der Waals surface area (Å²) in [4.78, 5) is 2.54. The molecule has 1 N–H and O–H groups in total. The first-order chi connectivity index (χ1) is 10.3. The monoisotopic (exact) mass is 308 g/mol. The molecule has 2 aliphatic rings. The highest BCUT2D eigenvalue weighted by Crippen LogP contribution is 2.24. The molecule has 1 saturated heterocycles. The van der Waals surface area contributed by atoms with Crippen molar-refractivity contribution in [2.75, 3.05) is 32.8 Å². The third-order valence-electron chi connectivity index (χ3n) is 4.70. The number of morpholine rings is 1. The molecule has 1 heterocycles. The Kier molecular flexibility index (Phi) is 5.53. The van der Waals surface area contributed by atoms with E-state index < -0.39 is 0 Å². The van der Waals surface area contributed by atoms with E-state index in [-0.39, 0.29) is 0 Å². The van der Waals surface area contributed by atoms with Crippen LogP contribution < -0.4 is 5.32 Å². The van der Waals surface area contributed by atoms with Crippen molar-refractivity contribution in [3.63, 3.8) is 0 Å². The Morgan fingerprint density at radius 2 is 1.81 bits per heavy atom. The van der Waals surface area contributed by atoms with Crippen molar-refractivity contribution in [2.45, 2.75) is 37.8 Å². The smallest absolute Gasteiger partial charge is 0.0594 e. The second kappa shape index (κ2) is 7.59. The summed E-state index contributed by atoms with van der Waals surface area (Å²) in [6.45, 7) is 4.73. The fraction of sp³-hybridized carbons (Fsp3) is 0.647.